The Hall–Kier alpha value is -2.62. The highest BCUT2D eigenvalue weighted by Gasteiger charge is 2.04. The van der Waals surface area contributed by atoms with E-state index in [0.717, 1.165) is 16.7 Å². The number of carboxylic acid groups (broad SMARTS) is 1. The smallest absolute Gasteiger partial charge is 0.307 e. The Kier molecular flexibility index (Phi) is 7.69. The van der Waals surface area contributed by atoms with E-state index in [4.69, 9.17) is 5.11 Å². The molecule has 4 heteroatoms. The zero-order valence-electron chi connectivity index (χ0n) is 14.7. The van der Waals surface area contributed by atoms with Crippen molar-refractivity contribution in [3.8, 4) is 0 Å². The van der Waals surface area contributed by atoms with E-state index in [-0.39, 0.29) is 12.3 Å². The highest BCUT2D eigenvalue weighted by atomic mass is 16.4. The van der Waals surface area contributed by atoms with Gasteiger partial charge in [0.1, 0.15) is 0 Å². The maximum Gasteiger partial charge on any atom is 0.307 e. The molecule has 24 heavy (non-hydrogen) atoms. The minimum absolute atomic E-state index is 0.111. The standard InChI is InChI=1S/C11H15NO.C9H10O2/c1-9-4-6-10(7-5-9)8-11(13)12(2)3;1-7-2-4-8(5-3-7)6-9(10)11/h4-7H,8H2,1-3H3;2-5H,6H2,1H3,(H,10,11). The zero-order valence-corrected chi connectivity index (χ0v) is 14.7. The van der Waals surface area contributed by atoms with Crippen molar-refractivity contribution in [3.05, 3.63) is 70.8 Å². The monoisotopic (exact) mass is 327 g/mol. The number of aryl methyl sites for hydroxylation is 2. The van der Waals surface area contributed by atoms with Crippen molar-refractivity contribution in [2.45, 2.75) is 26.7 Å². The Morgan fingerprint density at radius 3 is 1.50 bits per heavy atom. The van der Waals surface area contributed by atoms with Crippen LogP contribution in [0.25, 0.3) is 0 Å². The van der Waals surface area contributed by atoms with Gasteiger partial charge in [0.25, 0.3) is 0 Å². The number of carboxylic acids is 1. The molecule has 0 aromatic heterocycles. The molecule has 0 atom stereocenters. The first-order chi connectivity index (χ1) is 11.3. The van der Waals surface area contributed by atoms with Crippen LogP contribution < -0.4 is 0 Å². The minimum Gasteiger partial charge on any atom is -0.481 e. The van der Waals surface area contributed by atoms with Crippen LogP contribution in [0.1, 0.15) is 22.3 Å². The van der Waals surface area contributed by atoms with Gasteiger partial charge >= 0.3 is 5.97 Å². The van der Waals surface area contributed by atoms with Crippen molar-refractivity contribution < 1.29 is 14.7 Å². The predicted octanol–water partition coefficient (Wildman–Crippen LogP) is 3.25. The summed E-state index contributed by atoms with van der Waals surface area (Å²) in [7, 11) is 3.55. The van der Waals surface area contributed by atoms with Crippen LogP contribution in [0, 0.1) is 13.8 Å². The van der Waals surface area contributed by atoms with Crippen LogP contribution in [0.2, 0.25) is 0 Å². The van der Waals surface area contributed by atoms with Crippen LogP contribution in [0.15, 0.2) is 48.5 Å². The summed E-state index contributed by atoms with van der Waals surface area (Å²) < 4.78 is 0. The first-order valence-corrected chi connectivity index (χ1v) is 7.81. The van der Waals surface area contributed by atoms with Gasteiger partial charge in [0, 0.05) is 14.1 Å². The van der Waals surface area contributed by atoms with Crippen molar-refractivity contribution >= 4 is 11.9 Å². The van der Waals surface area contributed by atoms with Gasteiger partial charge < -0.3 is 10.0 Å². The number of hydrogen-bond donors (Lipinski definition) is 1. The first kappa shape index (κ1) is 19.4. The zero-order chi connectivity index (χ0) is 18.1. The summed E-state index contributed by atoms with van der Waals surface area (Å²) in [5.74, 6) is -0.641. The molecule has 0 spiro atoms. The van der Waals surface area contributed by atoms with E-state index in [1.165, 1.54) is 5.56 Å². The quantitative estimate of drug-likeness (QED) is 0.938. The number of hydrogen-bond acceptors (Lipinski definition) is 2. The molecule has 0 saturated carbocycles. The van der Waals surface area contributed by atoms with Gasteiger partial charge in [-0.2, -0.15) is 0 Å². The molecule has 0 radical (unpaired) electrons. The molecule has 1 N–H and O–H groups in total. The van der Waals surface area contributed by atoms with E-state index in [1.54, 1.807) is 19.0 Å². The minimum atomic E-state index is -0.783. The molecule has 0 aliphatic rings. The number of aliphatic carboxylic acids is 1. The summed E-state index contributed by atoms with van der Waals surface area (Å²) >= 11 is 0. The van der Waals surface area contributed by atoms with Crippen molar-refractivity contribution in [1.82, 2.24) is 4.90 Å². The molecule has 2 aromatic carbocycles. The third-order valence-electron chi connectivity index (χ3n) is 3.45. The van der Waals surface area contributed by atoms with Crippen LogP contribution in [-0.2, 0) is 22.4 Å². The number of amides is 1. The Morgan fingerprint density at radius 1 is 0.792 bits per heavy atom. The van der Waals surface area contributed by atoms with Gasteiger partial charge in [-0.05, 0) is 25.0 Å². The van der Waals surface area contributed by atoms with Gasteiger partial charge in [0.05, 0.1) is 12.8 Å². The van der Waals surface area contributed by atoms with Crippen LogP contribution in [0.5, 0.6) is 0 Å². The fraction of sp³-hybridized carbons (Fsp3) is 0.300. The van der Waals surface area contributed by atoms with Crippen molar-refractivity contribution in [2.24, 2.45) is 0 Å². The van der Waals surface area contributed by atoms with E-state index in [0.29, 0.717) is 6.42 Å². The van der Waals surface area contributed by atoms with Gasteiger partial charge in [0.2, 0.25) is 5.91 Å². The van der Waals surface area contributed by atoms with Crippen LogP contribution in [-0.4, -0.2) is 36.0 Å². The van der Waals surface area contributed by atoms with Crippen LogP contribution in [0.3, 0.4) is 0 Å². The molecular formula is C20H25NO3. The van der Waals surface area contributed by atoms with E-state index < -0.39 is 5.97 Å². The highest BCUT2D eigenvalue weighted by Crippen LogP contribution is 2.05. The molecule has 2 rings (SSSR count). The second kappa shape index (κ2) is 9.50. The summed E-state index contributed by atoms with van der Waals surface area (Å²) in [6.07, 6.45) is 0.605. The second-order valence-corrected chi connectivity index (χ2v) is 6.01. The topological polar surface area (TPSA) is 57.6 Å². The summed E-state index contributed by atoms with van der Waals surface area (Å²) in [6.45, 7) is 4.02. The largest absolute Gasteiger partial charge is 0.481 e. The second-order valence-electron chi connectivity index (χ2n) is 6.01. The molecule has 0 aliphatic carbocycles. The molecule has 128 valence electrons. The SMILES string of the molecule is Cc1ccc(CC(=O)N(C)C)cc1.Cc1ccc(CC(=O)O)cc1. The average Bonchev–Trinajstić information content (AvgIpc) is 2.52. The molecular weight excluding hydrogens is 302 g/mol. The number of rotatable bonds is 4. The molecule has 1 amide bonds. The summed E-state index contributed by atoms with van der Waals surface area (Å²) in [6, 6.07) is 15.5. The van der Waals surface area contributed by atoms with Crippen molar-refractivity contribution in [2.75, 3.05) is 14.1 Å². The fourth-order valence-corrected chi connectivity index (χ4v) is 1.92. The van der Waals surface area contributed by atoms with Gasteiger partial charge in [0.15, 0.2) is 0 Å². The van der Waals surface area contributed by atoms with E-state index in [1.807, 2.05) is 62.4 Å². The van der Waals surface area contributed by atoms with E-state index >= 15 is 0 Å². The highest BCUT2D eigenvalue weighted by molar-refractivity contribution is 5.78. The number of carbonyl (C=O) groups excluding carboxylic acids is 1. The van der Waals surface area contributed by atoms with Gasteiger partial charge in [-0.25, -0.2) is 0 Å². The lowest BCUT2D eigenvalue weighted by Crippen LogP contribution is -2.23. The van der Waals surface area contributed by atoms with Crippen molar-refractivity contribution in [1.29, 1.82) is 0 Å². The van der Waals surface area contributed by atoms with Crippen LogP contribution in [0.4, 0.5) is 0 Å². The first-order valence-electron chi connectivity index (χ1n) is 7.81. The van der Waals surface area contributed by atoms with Gasteiger partial charge in [-0.3, -0.25) is 9.59 Å². The number of nitrogens with zero attached hydrogens (tertiary/aromatic N) is 1. The molecule has 0 aliphatic heterocycles. The third-order valence-corrected chi connectivity index (χ3v) is 3.45. The van der Waals surface area contributed by atoms with Gasteiger partial charge in [-0.15, -0.1) is 0 Å². The molecule has 0 heterocycles. The molecule has 0 fully saturated rings. The Labute approximate surface area is 143 Å². The summed E-state index contributed by atoms with van der Waals surface area (Å²) in [5.41, 5.74) is 4.30. The third kappa shape index (κ3) is 7.58. The Bertz CT molecular complexity index is 658. The maximum absolute atomic E-state index is 11.3. The fourth-order valence-electron chi connectivity index (χ4n) is 1.92. The lowest BCUT2D eigenvalue weighted by molar-refractivity contribution is -0.136. The molecule has 2 aromatic rings. The molecule has 0 saturated heterocycles. The molecule has 0 unspecified atom stereocenters. The average molecular weight is 327 g/mol. The normalized spacial score (nSPS) is 9.67. The van der Waals surface area contributed by atoms with Gasteiger partial charge in [-0.1, -0.05) is 59.7 Å². The lowest BCUT2D eigenvalue weighted by atomic mass is 10.1. The van der Waals surface area contributed by atoms with E-state index in [2.05, 4.69) is 0 Å². The molecule has 0 bridgehead atoms. The summed E-state index contributed by atoms with van der Waals surface area (Å²) in [5, 5.41) is 8.44. The number of benzene rings is 2. The van der Waals surface area contributed by atoms with E-state index in [9.17, 15) is 9.59 Å². The Balaban J connectivity index is 0.000000243. The Morgan fingerprint density at radius 2 is 1.17 bits per heavy atom. The van der Waals surface area contributed by atoms with Crippen molar-refractivity contribution in [3.63, 3.8) is 0 Å². The lowest BCUT2D eigenvalue weighted by Gasteiger charge is -2.09. The maximum atomic E-state index is 11.3. The predicted molar refractivity (Wildman–Crippen MR) is 96.1 cm³/mol. The number of carbonyl (C=O) groups is 2. The summed E-state index contributed by atoms with van der Waals surface area (Å²) in [4.78, 5) is 23.2. The number of likely N-dealkylation sites (N-methyl/N-ethyl adjacent to an activating group) is 1. The van der Waals surface area contributed by atoms with Crippen LogP contribution >= 0.6 is 0 Å². The molecule has 4 nitrogen and oxygen atoms in total.